The number of benzene rings is 3. The van der Waals surface area contributed by atoms with Crippen molar-refractivity contribution in [3.05, 3.63) is 89.3 Å². The number of nitrogens with zero attached hydrogens (tertiary/aromatic N) is 1. The van der Waals surface area contributed by atoms with E-state index < -0.39 is 0 Å². The molecule has 5 nitrogen and oxygen atoms in total. The number of fused-ring (bicyclic) bond motifs is 1. The topological polar surface area (TPSA) is 72.6 Å². The summed E-state index contributed by atoms with van der Waals surface area (Å²) in [6.07, 6.45) is 1.69. The zero-order valence-corrected chi connectivity index (χ0v) is 16.0. The lowest BCUT2D eigenvalue weighted by Crippen LogP contribution is -2.03. The Balaban J connectivity index is 1.86. The summed E-state index contributed by atoms with van der Waals surface area (Å²) < 4.78 is 11.0. The Hall–Kier alpha value is -3.86. The van der Waals surface area contributed by atoms with Crippen molar-refractivity contribution in [2.75, 3.05) is 7.11 Å². The first-order valence-electron chi connectivity index (χ1n) is 9.11. The number of oxazole rings is 1. The van der Waals surface area contributed by atoms with Gasteiger partial charge < -0.3 is 14.3 Å². The summed E-state index contributed by atoms with van der Waals surface area (Å²) in [5, 5.41) is 9.85. The minimum absolute atomic E-state index is 0.0259. The number of carbonyl (C=O) groups is 1. The van der Waals surface area contributed by atoms with Gasteiger partial charge >= 0.3 is 0 Å². The summed E-state index contributed by atoms with van der Waals surface area (Å²) in [6, 6.07) is 19.6. The highest BCUT2D eigenvalue weighted by Gasteiger charge is 2.20. The first-order valence-corrected chi connectivity index (χ1v) is 9.11. The molecule has 4 aromatic rings. The molecule has 0 fully saturated rings. The molecule has 3 aromatic carbocycles. The highest BCUT2D eigenvalue weighted by molar-refractivity contribution is 6.31. The Morgan fingerprint density at radius 2 is 1.83 bits per heavy atom. The van der Waals surface area contributed by atoms with Crippen LogP contribution in [-0.4, -0.2) is 23.0 Å². The molecule has 1 heterocycles. The van der Waals surface area contributed by atoms with Crippen LogP contribution in [0.5, 0.6) is 11.5 Å². The standard InChI is InChI=1S/C24H19NO4/c1-15-7-10-17(11-8-15)23(27)18(13-16-9-12-20(26)22(14-16)28-2)24-25-19-5-3-4-6-21(19)29-24/h3-14,26H,1-2H3/b18-13+. The molecule has 29 heavy (non-hydrogen) atoms. The molecule has 1 aromatic heterocycles. The van der Waals surface area contributed by atoms with E-state index in [1.807, 2.05) is 43.3 Å². The van der Waals surface area contributed by atoms with Crippen LogP contribution in [0.1, 0.15) is 27.4 Å². The van der Waals surface area contributed by atoms with E-state index in [-0.39, 0.29) is 17.4 Å². The monoisotopic (exact) mass is 385 g/mol. The molecule has 0 amide bonds. The molecule has 0 saturated heterocycles. The lowest BCUT2D eigenvalue weighted by molar-refractivity contribution is 0.105. The van der Waals surface area contributed by atoms with Gasteiger partial charge in [0.05, 0.1) is 12.7 Å². The molecular formula is C24H19NO4. The van der Waals surface area contributed by atoms with Gasteiger partial charge in [0, 0.05) is 5.56 Å². The maximum Gasteiger partial charge on any atom is 0.231 e. The number of phenolic OH excluding ortho intramolecular Hbond substituents is 1. The smallest absolute Gasteiger partial charge is 0.231 e. The van der Waals surface area contributed by atoms with Crippen molar-refractivity contribution < 1.29 is 19.1 Å². The summed E-state index contributed by atoms with van der Waals surface area (Å²) in [5.74, 6) is 0.379. The highest BCUT2D eigenvalue weighted by Crippen LogP contribution is 2.30. The fourth-order valence-corrected chi connectivity index (χ4v) is 3.02. The molecule has 0 saturated carbocycles. The number of carbonyl (C=O) groups excluding carboxylic acids is 1. The van der Waals surface area contributed by atoms with E-state index in [1.54, 1.807) is 30.3 Å². The molecule has 0 bridgehead atoms. The van der Waals surface area contributed by atoms with Crippen LogP contribution in [0.25, 0.3) is 22.7 Å². The van der Waals surface area contributed by atoms with Crippen LogP contribution in [0.3, 0.4) is 0 Å². The molecule has 4 rings (SSSR count). The number of aromatic nitrogens is 1. The second-order valence-corrected chi connectivity index (χ2v) is 6.67. The molecule has 5 heteroatoms. The Kier molecular flexibility index (Phi) is 4.87. The molecule has 1 N–H and O–H groups in total. The predicted octanol–water partition coefficient (Wildman–Crippen LogP) is 5.27. The van der Waals surface area contributed by atoms with Gasteiger partial charge in [0.2, 0.25) is 5.89 Å². The van der Waals surface area contributed by atoms with Crippen LogP contribution >= 0.6 is 0 Å². The van der Waals surface area contributed by atoms with Crippen LogP contribution in [-0.2, 0) is 0 Å². The number of Topliss-reactive ketones (excluding diaryl/α,β-unsaturated/α-hetero) is 1. The summed E-state index contributed by atoms with van der Waals surface area (Å²) in [5.41, 5.74) is 3.88. The van der Waals surface area contributed by atoms with Crippen molar-refractivity contribution in [3.8, 4) is 11.5 Å². The van der Waals surface area contributed by atoms with Crippen LogP contribution in [0.15, 0.2) is 71.1 Å². The Bertz CT molecular complexity index is 1190. The first-order chi connectivity index (χ1) is 14.0. The SMILES string of the molecule is COc1cc(/C=C(\C(=O)c2ccc(C)cc2)c2nc3ccccc3o2)ccc1O. The van der Waals surface area contributed by atoms with Crippen molar-refractivity contribution in [1.82, 2.24) is 4.98 Å². The van der Waals surface area contributed by atoms with Gasteiger partial charge in [0.1, 0.15) is 5.52 Å². The molecule has 0 unspecified atom stereocenters. The van der Waals surface area contributed by atoms with Crippen LogP contribution in [0, 0.1) is 6.92 Å². The number of hydrogen-bond donors (Lipinski definition) is 1. The number of ketones is 1. The number of aromatic hydroxyl groups is 1. The van der Waals surface area contributed by atoms with Gasteiger partial charge in [0.25, 0.3) is 0 Å². The molecule has 0 spiro atoms. The summed E-state index contributed by atoms with van der Waals surface area (Å²) >= 11 is 0. The van der Waals surface area contributed by atoms with Crippen LogP contribution < -0.4 is 4.74 Å². The van der Waals surface area contributed by atoms with Crippen LogP contribution in [0.2, 0.25) is 0 Å². The van der Waals surface area contributed by atoms with E-state index in [0.717, 1.165) is 5.56 Å². The molecule has 0 aliphatic carbocycles. The molecule has 0 atom stereocenters. The van der Waals surface area contributed by atoms with Crippen LogP contribution in [0.4, 0.5) is 0 Å². The van der Waals surface area contributed by atoms with E-state index in [1.165, 1.54) is 13.2 Å². The van der Waals surface area contributed by atoms with Crippen molar-refractivity contribution in [2.24, 2.45) is 0 Å². The average molecular weight is 385 g/mol. The summed E-state index contributed by atoms with van der Waals surface area (Å²) in [4.78, 5) is 17.8. The fourth-order valence-electron chi connectivity index (χ4n) is 3.02. The van der Waals surface area contributed by atoms with Crippen molar-refractivity contribution in [2.45, 2.75) is 6.92 Å². The first kappa shape index (κ1) is 18.5. The predicted molar refractivity (Wildman–Crippen MR) is 112 cm³/mol. The summed E-state index contributed by atoms with van der Waals surface area (Å²) in [7, 11) is 1.47. The third-order valence-electron chi connectivity index (χ3n) is 4.60. The normalized spacial score (nSPS) is 11.6. The largest absolute Gasteiger partial charge is 0.504 e. The third kappa shape index (κ3) is 3.75. The van der Waals surface area contributed by atoms with Crippen molar-refractivity contribution in [1.29, 1.82) is 0 Å². The van der Waals surface area contributed by atoms with Crippen molar-refractivity contribution >= 4 is 28.5 Å². The number of aryl methyl sites for hydroxylation is 1. The zero-order valence-electron chi connectivity index (χ0n) is 16.0. The van der Waals surface area contributed by atoms with Gasteiger partial charge in [-0.25, -0.2) is 4.98 Å². The van der Waals surface area contributed by atoms with Gasteiger partial charge in [-0.05, 0) is 42.8 Å². The molecule has 144 valence electrons. The minimum Gasteiger partial charge on any atom is -0.504 e. The lowest BCUT2D eigenvalue weighted by atomic mass is 10.00. The Morgan fingerprint density at radius 3 is 2.55 bits per heavy atom. The molecule has 0 aliphatic rings. The fraction of sp³-hybridized carbons (Fsp3) is 0.0833. The van der Waals surface area contributed by atoms with E-state index in [9.17, 15) is 9.90 Å². The third-order valence-corrected chi connectivity index (χ3v) is 4.60. The van der Waals surface area contributed by atoms with Gasteiger partial charge in [0.15, 0.2) is 22.9 Å². The molecular weight excluding hydrogens is 366 g/mol. The van der Waals surface area contributed by atoms with Gasteiger partial charge in [-0.1, -0.05) is 48.0 Å². The number of ether oxygens (including phenoxy) is 1. The minimum atomic E-state index is -0.205. The maximum atomic E-state index is 13.3. The van der Waals surface area contributed by atoms with Gasteiger partial charge in [-0.15, -0.1) is 0 Å². The second-order valence-electron chi connectivity index (χ2n) is 6.67. The van der Waals surface area contributed by atoms with Gasteiger partial charge in [-0.3, -0.25) is 4.79 Å². The maximum absolute atomic E-state index is 13.3. The zero-order chi connectivity index (χ0) is 20.4. The van der Waals surface area contributed by atoms with E-state index >= 15 is 0 Å². The quantitative estimate of drug-likeness (QED) is 0.374. The number of para-hydroxylation sites is 2. The second kappa shape index (κ2) is 7.64. The number of rotatable bonds is 5. The number of allylic oxidation sites excluding steroid dienone is 1. The van der Waals surface area contributed by atoms with Crippen molar-refractivity contribution in [3.63, 3.8) is 0 Å². The number of methoxy groups -OCH3 is 1. The highest BCUT2D eigenvalue weighted by atomic mass is 16.5. The van der Waals surface area contributed by atoms with E-state index in [0.29, 0.717) is 33.5 Å². The molecule has 0 aliphatic heterocycles. The molecule has 0 radical (unpaired) electrons. The Labute approximate surface area is 167 Å². The van der Waals surface area contributed by atoms with Gasteiger partial charge in [-0.2, -0.15) is 0 Å². The number of phenols is 1. The Morgan fingerprint density at radius 1 is 1.07 bits per heavy atom. The average Bonchev–Trinajstić information content (AvgIpc) is 3.17. The van der Waals surface area contributed by atoms with E-state index in [4.69, 9.17) is 9.15 Å². The lowest BCUT2D eigenvalue weighted by Gasteiger charge is -2.07. The van der Waals surface area contributed by atoms with E-state index in [2.05, 4.69) is 4.98 Å². The number of hydrogen-bond acceptors (Lipinski definition) is 5. The summed E-state index contributed by atoms with van der Waals surface area (Å²) in [6.45, 7) is 1.97.